The summed E-state index contributed by atoms with van der Waals surface area (Å²) in [5.41, 5.74) is 0.477. The Balaban J connectivity index is 1.88. The highest BCUT2D eigenvalue weighted by molar-refractivity contribution is 7.10. The molecule has 3 nitrogen and oxygen atoms in total. The van der Waals surface area contributed by atoms with Crippen molar-refractivity contribution in [2.24, 2.45) is 0 Å². The quantitative estimate of drug-likeness (QED) is 0.782. The molecule has 0 spiro atoms. The summed E-state index contributed by atoms with van der Waals surface area (Å²) in [6, 6.07) is 9.58. The lowest BCUT2D eigenvalue weighted by Gasteiger charge is -2.23. The molecule has 6 heteroatoms. The Morgan fingerprint density at radius 3 is 2.55 bits per heavy atom. The van der Waals surface area contributed by atoms with Crippen molar-refractivity contribution >= 4 is 46.1 Å². The van der Waals surface area contributed by atoms with Gasteiger partial charge in [-0.2, -0.15) is 0 Å². The van der Waals surface area contributed by atoms with Crippen molar-refractivity contribution < 1.29 is 4.79 Å². The van der Waals surface area contributed by atoms with Crippen LogP contribution in [-0.4, -0.2) is 24.4 Å². The second-order valence-corrected chi connectivity index (χ2v) is 6.86. The second kappa shape index (κ2) is 7.97. The minimum Gasteiger partial charge on any atom is -0.324 e. The fourth-order valence-corrected chi connectivity index (χ4v) is 3.38. The zero-order valence-electron chi connectivity index (χ0n) is 12.5. The van der Waals surface area contributed by atoms with Crippen LogP contribution in [0.2, 0.25) is 10.0 Å². The number of carbonyl (C=O) groups is 1. The highest BCUT2D eigenvalue weighted by atomic mass is 35.5. The highest BCUT2D eigenvalue weighted by Gasteiger charge is 2.15. The van der Waals surface area contributed by atoms with E-state index in [1.807, 2.05) is 13.1 Å². The molecule has 0 radical (unpaired) electrons. The van der Waals surface area contributed by atoms with E-state index in [9.17, 15) is 4.79 Å². The molecule has 1 heterocycles. The normalized spacial score (nSPS) is 12.4. The van der Waals surface area contributed by atoms with Crippen LogP contribution in [0.4, 0.5) is 5.69 Å². The predicted octanol–water partition coefficient (Wildman–Crippen LogP) is 5.08. The summed E-state index contributed by atoms with van der Waals surface area (Å²) >= 11 is 13.8. The molecule has 1 N–H and O–H groups in total. The van der Waals surface area contributed by atoms with Gasteiger partial charge in [0.05, 0.1) is 15.7 Å². The van der Waals surface area contributed by atoms with E-state index in [0.29, 0.717) is 28.7 Å². The van der Waals surface area contributed by atoms with Crippen molar-refractivity contribution in [3.63, 3.8) is 0 Å². The van der Waals surface area contributed by atoms with Crippen LogP contribution in [0.3, 0.4) is 0 Å². The van der Waals surface area contributed by atoms with E-state index >= 15 is 0 Å². The number of amides is 1. The zero-order valence-corrected chi connectivity index (χ0v) is 14.8. The lowest BCUT2D eigenvalue weighted by molar-refractivity contribution is -0.116. The molecular weight excluding hydrogens is 339 g/mol. The topological polar surface area (TPSA) is 32.3 Å². The maximum Gasteiger partial charge on any atom is 0.225 e. The third kappa shape index (κ3) is 4.46. The van der Waals surface area contributed by atoms with Gasteiger partial charge in [-0.25, -0.2) is 0 Å². The van der Waals surface area contributed by atoms with E-state index in [2.05, 4.69) is 28.6 Å². The van der Waals surface area contributed by atoms with Gasteiger partial charge in [-0.15, -0.1) is 11.3 Å². The molecule has 0 aliphatic rings. The van der Waals surface area contributed by atoms with Crippen LogP contribution in [-0.2, 0) is 4.79 Å². The van der Waals surface area contributed by atoms with Crippen molar-refractivity contribution in [1.82, 2.24) is 4.90 Å². The van der Waals surface area contributed by atoms with Crippen LogP contribution < -0.4 is 5.32 Å². The van der Waals surface area contributed by atoms with Crippen molar-refractivity contribution in [3.8, 4) is 0 Å². The predicted molar refractivity (Wildman–Crippen MR) is 95.1 cm³/mol. The number of hydrogen-bond acceptors (Lipinski definition) is 3. The average molecular weight is 357 g/mol. The van der Waals surface area contributed by atoms with Gasteiger partial charge in [-0.05, 0) is 37.6 Å². The van der Waals surface area contributed by atoms with Crippen molar-refractivity contribution in [3.05, 3.63) is 50.6 Å². The lowest BCUT2D eigenvalue weighted by Crippen LogP contribution is -2.26. The molecule has 0 aliphatic heterocycles. The summed E-state index contributed by atoms with van der Waals surface area (Å²) in [6.07, 6.45) is 0.383. The Kier molecular flexibility index (Phi) is 6.26. The molecule has 0 fully saturated rings. The van der Waals surface area contributed by atoms with Crippen molar-refractivity contribution in [2.75, 3.05) is 18.9 Å². The molecule has 0 unspecified atom stereocenters. The van der Waals surface area contributed by atoms with E-state index in [0.717, 1.165) is 0 Å². The molecule has 0 saturated heterocycles. The summed E-state index contributed by atoms with van der Waals surface area (Å²) in [6.45, 7) is 2.79. The Morgan fingerprint density at radius 2 is 1.95 bits per heavy atom. The number of carbonyl (C=O) groups excluding carboxylic acids is 1. The number of rotatable bonds is 6. The van der Waals surface area contributed by atoms with E-state index in [1.165, 1.54) is 4.88 Å². The first-order chi connectivity index (χ1) is 10.5. The van der Waals surface area contributed by atoms with E-state index in [4.69, 9.17) is 23.2 Å². The average Bonchev–Trinajstić information content (AvgIpc) is 3.02. The van der Waals surface area contributed by atoms with Gasteiger partial charge in [0.15, 0.2) is 0 Å². The second-order valence-electron chi connectivity index (χ2n) is 5.07. The Labute approximate surface area is 144 Å². The minimum atomic E-state index is -0.0970. The van der Waals surface area contributed by atoms with Crippen molar-refractivity contribution in [1.29, 1.82) is 0 Å². The van der Waals surface area contributed by atoms with Crippen molar-refractivity contribution in [2.45, 2.75) is 19.4 Å². The Bertz CT molecular complexity index is 611. The van der Waals surface area contributed by atoms with Gasteiger partial charge in [0.2, 0.25) is 5.91 Å². The van der Waals surface area contributed by atoms with E-state index < -0.39 is 0 Å². The SMILES string of the molecule is C[C@@H](c1cccs1)N(C)CCC(=O)Nc1c(Cl)cccc1Cl. The van der Waals surface area contributed by atoms with Crippen LogP contribution in [0.1, 0.15) is 24.3 Å². The standard InChI is InChI=1S/C16H18Cl2N2OS/c1-11(14-7-4-10-22-14)20(2)9-8-15(21)19-16-12(17)5-3-6-13(16)18/h3-7,10-11H,8-9H2,1-2H3,(H,19,21)/t11-/m0/s1. The number of nitrogens with one attached hydrogen (secondary N) is 1. The third-order valence-electron chi connectivity index (χ3n) is 3.53. The number of benzene rings is 1. The van der Waals surface area contributed by atoms with Gasteiger partial charge in [-0.3, -0.25) is 9.69 Å². The summed E-state index contributed by atoms with van der Waals surface area (Å²) in [4.78, 5) is 15.5. The van der Waals surface area contributed by atoms with Crippen LogP contribution in [0.15, 0.2) is 35.7 Å². The summed E-state index contributed by atoms with van der Waals surface area (Å²) in [5.74, 6) is -0.0970. The molecule has 0 bridgehead atoms. The fourth-order valence-electron chi connectivity index (χ4n) is 2.04. The number of nitrogens with zero attached hydrogens (tertiary/aromatic N) is 1. The molecule has 0 saturated carbocycles. The largest absolute Gasteiger partial charge is 0.324 e. The van der Waals surface area contributed by atoms with Gasteiger partial charge in [-0.1, -0.05) is 35.3 Å². The minimum absolute atomic E-state index is 0.0970. The molecule has 2 aromatic rings. The summed E-state index contributed by atoms with van der Waals surface area (Å²) in [5, 5.41) is 5.73. The molecule has 1 amide bonds. The maximum absolute atomic E-state index is 12.1. The Morgan fingerprint density at radius 1 is 1.27 bits per heavy atom. The zero-order chi connectivity index (χ0) is 16.1. The van der Waals surface area contributed by atoms with E-state index in [1.54, 1.807) is 29.5 Å². The van der Waals surface area contributed by atoms with E-state index in [-0.39, 0.29) is 11.9 Å². The highest BCUT2D eigenvalue weighted by Crippen LogP contribution is 2.30. The van der Waals surface area contributed by atoms with Gasteiger partial charge in [0.1, 0.15) is 0 Å². The fraction of sp³-hybridized carbons (Fsp3) is 0.312. The molecule has 1 aromatic carbocycles. The number of thiophene rings is 1. The molecule has 118 valence electrons. The summed E-state index contributed by atoms with van der Waals surface area (Å²) in [7, 11) is 2.01. The number of hydrogen-bond donors (Lipinski definition) is 1. The molecular formula is C16H18Cl2N2OS. The van der Waals surface area contributed by atoms with Gasteiger partial charge in [0, 0.05) is 23.9 Å². The molecule has 1 atom stereocenters. The van der Waals surface area contributed by atoms with Gasteiger partial charge < -0.3 is 5.32 Å². The first kappa shape index (κ1) is 17.3. The number of para-hydroxylation sites is 1. The first-order valence-corrected chi connectivity index (χ1v) is 8.60. The lowest BCUT2D eigenvalue weighted by atomic mass is 10.2. The van der Waals surface area contributed by atoms with Crippen LogP contribution in [0.25, 0.3) is 0 Å². The number of anilines is 1. The van der Waals surface area contributed by atoms with Crippen LogP contribution >= 0.6 is 34.5 Å². The summed E-state index contributed by atoms with van der Waals surface area (Å²) < 4.78 is 0. The Hall–Kier alpha value is -1.07. The molecule has 1 aromatic heterocycles. The monoisotopic (exact) mass is 356 g/mol. The van der Waals surface area contributed by atoms with Gasteiger partial charge >= 0.3 is 0 Å². The molecule has 2 rings (SSSR count). The third-order valence-corrected chi connectivity index (χ3v) is 5.21. The first-order valence-electron chi connectivity index (χ1n) is 6.96. The maximum atomic E-state index is 12.1. The van der Waals surface area contributed by atoms with Crippen LogP contribution in [0, 0.1) is 0 Å². The number of halogens is 2. The smallest absolute Gasteiger partial charge is 0.225 e. The molecule has 0 aliphatic carbocycles. The molecule has 22 heavy (non-hydrogen) atoms. The van der Waals surface area contributed by atoms with Crippen LogP contribution in [0.5, 0.6) is 0 Å². The van der Waals surface area contributed by atoms with Gasteiger partial charge in [0.25, 0.3) is 0 Å².